The zero-order chi connectivity index (χ0) is 16.2. The van der Waals surface area contributed by atoms with Crippen molar-refractivity contribution in [3.8, 4) is 0 Å². The molecule has 2 rings (SSSR count). The molecule has 1 unspecified atom stereocenters. The molecule has 0 spiro atoms. The smallest absolute Gasteiger partial charge is 0.337 e. The van der Waals surface area contributed by atoms with E-state index in [9.17, 15) is 13.2 Å². The van der Waals surface area contributed by atoms with Crippen molar-refractivity contribution in [2.45, 2.75) is 26.3 Å². The summed E-state index contributed by atoms with van der Waals surface area (Å²) in [5.74, 6) is -0.954. The van der Waals surface area contributed by atoms with E-state index in [1.165, 1.54) is 12.1 Å². The van der Waals surface area contributed by atoms with E-state index in [1.807, 2.05) is 6.92 Å². The molecule has 0 aromatic carbocycles. The van der Waals surface area contributed by atoms with Crippen LogP contribution in [0.15, 0.2) is 12.1 Å². The summed E-state index contributed by atoms with van der Waals surface area (Å²) in [7, 11) is -3.40. The normalized spacial score (nSPS) is 18.5. The second kappa shape index (κ2) is 7.17. The van der Waals surface area contributed by atoms with Gasteiger partial charge in [0.25, 0.3) is 0 Å². The molecule has 0 aliphatic carbocycles. The van der Waals surface area contributed by atoms with Crippen molar-refractivity contribution in [2.75, 3.05) is 19.0 Å². The number of nitrogens with zero attached hydrogens (tertiary/aromatic N) is 1. The first-order valence-corrected chi connectivity index (χ1v) is 8.83. The summed E-state index contributed by atoms with van der Waals surface area (Å²) in [6, 6.07) is 2.99. The Balaban J connectivity index is 2.00. The first kappa shape index (κ1) is 16.9. The number of sulfonamides is 1. The lowest BCUT2D eigenvalue weighted by Crippen LogP contribution is -2.30. The predicted octanol–water partition coefficient (Wildman–Crippen LogP) is 0.798. The van der Waals surface area contributed by atoms with Gasteiger partial charge in [-0.25, -0.2) is 17.9 Å². The Hall–Kier alpha value is -1.51. The molecule has 122 valence electrons. The Morgan fingerprint density at radius 2 is 2.27 bits per heavy atom. The number of hydrogen-bond acceptors (Lipinski definition) is 5. The molecule has 7 nitrogen and oxygen atoms in total. The monoisotopic (exact) mass is 328 g/mol. The second-order valence-corrected chi connectivity index (χ2v) is 7.14. The van der Waals surface area contributed by atoms with Gasteiger partial charge in [0, 0.05) is 6.61 Å². The lowest BCUT2D eigenvalue weighted by Gasteiger charge is -2.11. The molecule has 2 N–H and O–H groups in total. The molecule has 1 saturated heterocycles. The first-order valence-electron chi connectivity index (χ1n) is 7.18. The van der Waals surface area contributed by atoms with E-state index in [0.29, 0.717) is 31.0 Å². The Labute approximate surface area is 129 Å². The highest BCUT2D eigenvalue weighted by Gasteiger charge is 2.23. The van der Waals surface area contributed by atoms with Crippen molar-refractivity contribution >= 4 is 16.0 Å². The predicted molar refractivity (Wildman–Crippen MR) is 80.1 cm³/mol. The zero-order valence-electron chi connectivity index (χ0n) is 12.4. The molecule has 22 heavy (non-hydrogen) atoms. The topological polar surface area (TPSA) is 106 Å². The summed E-state index contributed by atoms with van der Waals surface area (Å²) in [6.45, 7) is 2.95. The van der Waals surface area contributed by atoms with Crippen molar-refractivity contribution in [3.05, 3.63) is 29.1 Å². The number of aryl methyl sites for hydroxylation is 1. The minimum atomic E-state index is -3.40. The highest BCUT2D eigenvalue weighted by molar-refractivity contribution is 7.89. The largest absolute Gasteiger partial charge is 0.478 e. The van der Waals surface area contributed by atoms with Gasteiger partial charge in [-0.1, -0.05) is 6.92 Å². The molecule has 8 heteroatoms. The maximum atomic E-state index is 12.0. The van der Waals surface area contributed by atoms with E-state index >= 15 is 0 Å². The summed E-state index contributed by atoms with van der Waals surface area (Å²) in [5, 5.41) is 9.04. The number of aromatic carboxylic acids is 1. The molecule has 1 atom stereocenters. The summed E-state index contributed by atoms with van der Waals surface area (Å²) >= 11 is 0. The molecule has 0 radical (unpaired) electrons. The number of carbonyl (C=O) groups is 1. The molecule has 1 aromatic rings. The van der Waals surface area contributed by atoms with Crippen LogP contribution in [0, 0.1) is 5.92 Å². The van der Waals surface area contributed by atoms with Crippen molar-refractivity contribution in [2.24, 2.45) is 5.92 Å². The fourth-order valence-electron chi connectivity index (χ4n) is 2.38. The van der Waals surface area contributed by atoms with Gasteiger partial charge in [0.1, 0.15) is 0 Å². The molecule has 1 aliphatic rings. The highest BCUT2D eigenvalue weighted by atomic mass is 32.2. The number of pyridine rings is 1. The number of hydrogen-bond donors (Lipinski definition) is 2. The zero-order valence-corrected chi connectivity index (χ0v) is 13.2. The van der Waals surface area contributed by atoms with E-state index in [-0.39, 0.29) is 23.8 Å². The number of aromatic nitrogens is 1. The lowest BCUT2D eigenvalue weighted by molar-refractivity contribution is 0.0695. The van der Waals surface area contributed by atoms with Gasteiger partial charge in [0.2, 0.25) is 10.0 Å². The Morgan fingerprint density at radius 3 is 2.86 bits per heavy atom. The first-order chi connectivity index (χ1) is 10.4. The van der Waals surface area contributed by atoms with Crippen molar-refractivity contribution in [3.63, 3.8) is 0 Å². The summed E-state index contributed by atoms with van der Waals surface area (Å²) in [5.41, 5.74) is 1.11. The van der Waals surface area contributed by atoms with Gasteiger partial charge in [-0.2, -0.15) is 0 Å². The third-order valence-corrected chi connectivity index (χ3v) is 5.04. The van der Waals surface area contributed by atoms with Gasteiger partial charge in [0.15, 0.2) is 0 Å². The number of ether oxygens (including phenoxy) is 1. The second-order valence-electron chi connectivity index (χ2n) is 5.29. The summed E-state index contributed by atoms with van der Waals surface area (Å²) < 4.78 is 31.7. The van der Waals surface area contributed by atoms with E-state index in [2.05, 4.69) is 9.71 Å². The van der Waals surface area contributed by atoms with Gasteiger partial charge < -0.3 is 9.84 Å². The van der Waals surface area contributed by atoms with Gasteiger partial charge >= 0.3 is 5.97 Å². The maximum Gasteiger partial charge on any atom is 0.337 e. The molecular formula is C14H20N2O5S. The average molecular weight is 328 g/mol. The van der Waals surface area contributed by atoms with Crippen LogP contribution in [0.1, 0.15) is 35.1 Å². The number of rotatable bonds is 7. The quantitative estimate of drug-likeness (QED) is 0.767. The third kappa shape index (κ3) is 4.49. The van der Waals surface area contributed by atoms with E-state index < -0.39 is 16.0 Å². The number of carboxylic acid groups (broad SMARTS) is 1. The van der Waals surface area contributed by atoms with Crippen molar-refractivity contribution < 1.29 is 23.1 Å². The summed E-state index contributed by atoms with van der Waals surface area (Å²) in [4.78, 5) is 15.3. The van der Waals surface area contributed by atoms with Crippen LogP contribution in [0.5, 0.6) is 0 Å². The highest BCUT2D eigenvalue weighted by Crippen LogP contribution is 2.14. The fraction of sp³-hybridized carbons (Fsp3) is 0.571. The Morgan fingerprint density at radius 1 is 1.50 bits per heavy atom. The van der Waals surface area contributed by atoms with Crippen LogP contribution in [-0.4, -0.2) is 43.4 Å². The standard InChI is InChI=1S/C14H20N2O5S/c1-2-13-12(14(17)18)4-3-11(16-13)7-15-22(19,20)9-10-5-6-21-8-10/h3-4,10,15H,2,5-9H2,1H3,(H,17,18). The molecule has 1 aliphatic heterocycles. The van der Waals surface area contributed by atoms with Crippen LogP contribution in [0.25, 0.3) is 0 Å². The molecule has 1 aromatic heterocycles. The van der Waals surface area contributed by atoms with Crippen LogP contribution in [0.3, 0.4) is 0 Å². The van der Waals surface area contributed by atoms with E-state index in [4.69, 9.17) is 9.84 Å². The van der Waals surface area contributed by atoms with Gasteiger partial charge in [-0.3, -0.25) is 4.98 Å². The molecule has 0 saturated carbocycles. The van der Waals surface area contributed by atoms with Crippen LogP contribution in [-0.2, 0) is 27.7 Å². The molecule has 0 bridgehead atoms. The Bertz CT molecular complexity index is 639. The number of nitrogens with one attached hydrogen (secondary N) is 1. The fourth-order valence-corrected chi connectivity index (χ4v) is 3.75. The van der Waals surface area contributed by atoms with Crippen LogP contribution in [0.4, 0.5) is 0 Å². The average Bonchev–Trinajstić information content (AvgIpc) is 2.96. The minimum Gasteiger partial charge on any atom is -0.478 e. The summed E-state index contributed by atoms with van der Waals surface area (Å²) in [6.07, 6.45) is 1.23. The van der Waals surface area contributed by atoms with Crippen molar-refractivity contribution in [1.82, 2.24) is 9.71 Å². The molecule has 2 heterocycles. The lowest BCUT2D eigenvalue weighted by atomic mass is 10.1. The SMILES string of the molecule is CCc1nc(CNS(=O)(=O)CC2CCOC2)ccc1C(=O)O. The van der Waals surface area contributed by atoms with Gasteiger partial charge in [0.05, 0.1) is 35.9 Å². The molecule has 1 fully saturated rings. The third-order valence-electron chi connectivity index (χ3n) is 3.55. The molecule has 0 amide bonds. The molecular weight excluding hydrogens is 308 g/mol. The van der Waals surface area contributed by atoms with Crippen molar-refractivity contribution in [1.29, 1.82) is 0 Å². The van der Waals surface area contributed by atoms with Gasteiger partial charge in [-0.15, -0.1) is 0 Å². The number of carboxylic acids is 1. The van der Waals surface area contributed by atoms with Gasteiger partial charge in [-0.05, 0) is 30.9 Å². The minimum absolute atomic E-state index is 0.0334. The van der Waals surface area contributed by atoms with Crippen LogP contribution in [0.2, 0.25) is 0 Å². The van der Waals surface area contributed by atoms with E-state index in [1.54, 1.807) is 0 Å². The van der Waals surface area contributed by atoms with Crippen LogP contribution < -0.4 is 4.72 Å². The maximum absolute atomic E-state index is 12.0. The Kier molecular flexibility index (Phi) is 5.49. The van der Waals surface area contributed by atoms with Crippen LogP contribution >= 0.6 is 0 Å². The van der Waals surface area contributed by atoms with E-state index in [0.717, 1.165) is 6.42 Å².